The lowest BCUT2D eigenvalue weighted by molar-refractivity contribution is -0.380. The van der Waals surface area contributed by atoms with Gasteiger partial charge in [-0.15, -0.1) is 19.0 Å². The summed E-state index contributed by atoms with van der Waals surface area (Å²) in [6.07, 6.45) is 1.55. The third-order valence-electron chi connectivity index (χ3n) is 1.42. The van der Waals surface area contributed by atoms with Crippen molar-refractivity contribution in [2.45, 2.75) is 6.04 Å². The van der Waals surface area contributed by atoms with Crippen LogP contribution in [0.15, 0.2) is 24.1 Å². The predicted molar refractivity (Wildman–Crippen MR) is 55.3 cm³/mol. The van der Waals surface area contributed by atoms with E-state index in [9.17, 15) is 10.1 Å². The summed E-state index contributed by atoms with van der Waals surface area (Å²) < 4.78 is 0. The van der Waals surface area contributed by atoms with Gasteiger partial charge in [-0.2, -0.15) is 0 Å². The zero-order valence-corrected chi connectivity index (χ0v) is 8.31. The molecule has 0 aliphatic carbocycles. The van der Waals surface area contributed by atoms with Gasteiger partial charge >= 0.3 is 5.00 Å². The number of rotatable bonds is 3. The first-order valence-corrected chi connectivity index (χ1v) is 4.14. The molecule has 4 nitrogen and oxygen atoms in total. The summed E-state index contributed by atoms with van der Waals surface area (Å²) in [7, 11) is 0. The molecule has 6 heteroatoms. The van der Waals surface area contributed by atoms with E-state index in [1.54, 1.807) is 11.5 Å². The van der Waals surface area contributed by atoms with Gasteiger partial charge in [0, 0.05) is 17.5 Å². The minimum absolute atomic E-state index is 0. The van der Waals surface area contributed by atoms with Crippen molar-refractivity contribution in [3.63, 3.8) is 0 Å². The highest BCUT2D eigenvalue weighted by Crippen LogP contribution is 2.25. The van der Waals surface area contributed by atoms with E-state index in [0.29, 0.717) is 0 Å². The smallest absolute Gasteiger partial charge is 0.321 e. The van der Waals surface area contributed by atoms with Crippen LogP contribution in [0, 0.1) is 10.1 Å². The molecule has 0 bridgehead atoms. The van der Waals surface area contributed by atoms with Gasteiger partial charge in [-0.25, -0.2) is 0 Å². The summed E-state index contributed by atoms with van der Waals surface area (Å²) in [5.41, 5.74) is 6.31. The van der Waals surface area contributed by atoms with E-state index in [0.717, 1.165) is 16.9 Å². The third-order valence-corrected chi connectivity index (χ3v) is 2.32. The molecule has 2 N–H and O–H groups in total. The molecule has 0 radical (unpaired) electrons. The van der Waals surface area contributed by atoms with E-state index in [2.05, 4.69) is 6.58 Å². The van der Waals surface area contributed by atoms with Gasteiger partial charge in [0.2, 0.25) is 0 Å². The molecule has 0 unspecified atom stereocenters. The Balaban J connectivity index is 0.00000144. The van der Waals surface area contributed by atoms with Crippen molar-refractivity contribution < 1.29 is 4.92 Å². The highest BCUT2D eigenvalue weighted by Gasteiger charge is 2.11. The molecule has 1 atom stereocenters. The van der Waals surface area contributed by atoms with E-state index in [4.69, 9.17) is 5.73 Å². The number of nitro groups is 1. The Labute approximate surface area is 85.6 Å². The van der Waals surface area contributed by atoms with Gasteiger partial charge in [0.05, 0.1) is 4.92 Å². The van der Waals surface area contributed by atoms with E-state index < -0.39 is 4.92 Å². The van der Waals surface area contributed by atoms with E-state index in [1.807, 2.05) is 0 Å². The number of halogens is 1. The van der Waals surface area contributed by atoms with Crippen molar-refractivity contribution in [1.29, 1.82) is 0 Å². The molecule has 13 heavy (non-hydrogen) atoms. The van der Waals surface area contributed by atoms with Gasteiger partial charge < -0.3 is 5.73 Å². The van der Waals surface area contributed by atoms with Gasteiger partial charge in [0.1, 0.15) is 0 Å². The largest absolute Gasteiger partial charge is 0.324 e. The number of nitrogens with zero attached hydrogens (tertiary/aromatic N) is 1. The van der Waals surface area contributed by atoms with Crippen molar-refractivity contribution in [2.24, 2.45) is 5.73 Å². The summed E-state index contributed by atoms with van der Waals surface area (Å²) >= 11 is 1.07. The maximum atomic E-state index is 10.3. The monoisotopic (exact) mass is 220 g/mol. The zero-order valence-electron chi connectivity index (χ0n) is 6.67. The molecule has 72 valence electrons. The van der Waals surface area contributed by atoms with E-state index in [-0.39, 0.29) is 23.4 Å². The quantitative estimate of drug-likeness (QED) is 0.483. The molecule has 0 spiro atoms. The molecular formula is C7H9ClN2O2S. The highest BCUT2D eigenvalue weighted by atomic mass is 35.5. The van der Waals surface area contributed by atoms with Crippen molar-refractivity contribution >= 4 is 28.7 Å². The molecule has 1 aromatic heterocycles. The Morgan fingerprint density at radius 1 is 1.77 bits per heavy atom. The predicted octanol–water partition coefficient (Wildman–Crippen LogP) is 2.26. The molecule has 0 fully saturated rings. The fourth-order valence-electron chi connectivity index (χ4n) is 0.746. The summed E-state index contributed by atoms with van der Waals surface area (Å²) in [4.78, 5) is 9.85. The lowest BCUT2D eigenvalue weighted by atomic mass is 10.2. The number of hydrogen-bond acceptors (Lipinski definition) is 4. The van der Waals surface area contributed by atoms with Gasteiger partial charge in [-0.3, -0.25) is 10.1 Å². The third kappa shape index (κ3) is 2.80. The first-order valence-electron chi connectivity index (χ1n) is 3.26. The van der Waals surface area contributed by atoms with E-state index in [1.165, 1.54) is 6.07 Å². The molecule has 1 rings (SSSR count). The second-order valence-corrected chi connectivity index (χ2v) is 3.13. The van der Waals surface area contributed by atoms with Gasteiger partial charge in [0.15, 0.2) is 0 Å². The van der Waals surface area contributed by atoms with Crippen molar-refractivity contribution in [3.05, 3.63) is 39.8 Å². The SMILES string of the molecule is C=C[C@@H](N)c1csc([N+](=O)[O-])c1.Cl. The summed E-state index contributed by atoms with van der Waals surface area (Å²) in [6, 6.07) is 1.16. The van der Waals surface area contributed by atoms with Crippen LogP contribution in [0.5, 0.6) is 0 Å². The molecule has 0 aliphatic rings. The Morgan fingerprint density at radius 2 is 2.38 bits per heavy atom. The average molecular weight is 221 g/mol. The van der Waals surface area contributed by atoms with Crippen LogP contribution in [0.3, 0.4) is 0 Å². The summed E-state index contributed by atoms with van der Waals surface area (Å²) in [5, 5.41) is 12.1. The van der Waals surface area contributed by atoms with Crippen LogP contribution in [-0.2, 0) is 0 Å². The maximum Gasteiger partial charge on any atom is 0.324 e. The average Bonchev–Trinajstić information content (AvgIpc) is 2.51. The number of thiophene rings is 1. The van der Waals surface area contributed by atoms with Crippen LogP contribution in [0.2, 0.25) is 0 Å². The minimum Gasteiger partial charge on any atom is -0.321 e. The van der Waals surface area contributed by atoms with Crippen molar-refractivity contribution in [2.75, 3.05) is 0 Å². The molecule has 1 aromatic rings. The Bertz CT molecular complexity index is 313. The van der Waals surface area contributed by atoms with Crippen LogP contribution in [0.25, 0.3) is 0 Å². The molecule has 1 heterocycles. The molecular weight excluding hydrogens is 212 g/mol. The highest BCUT2D eigenvalue weighted by molar-refractivity contribution is 7.13. The lowest BCUT2D eigenvalue weighted by Gasteiger charge is -1.99. The van der Waals surface area contributed by atoms with Crippen LogP contribution in [-0.4, -0.2) is 4.92 Å². The first-order chi connectivity index (χ1) is 5.65. The van der Waals surface area contributed by atoms with Gasteiger partial charge in [-0.05, 0) is 5.56 Å². The maximum absolute atomic E-state index is 10.3. The fraction of sp³-hybridized carbons (Fsp3) is 0.143. The Kier molecular flexibility index (Phi) is 4.61. The molecule has 0 aromatic carbocycles. The second kappa shape index (κ2) is 4.96. The van der Waals surface area contributed by atoms with E-state index >= 15 is 0 Å². The zero-order chi connectivity index (χ0) is 9.14. The van der Waals surface area contributed by atoms with Gasteiger partial charge in [-0.1, -0.05) is 17.4 Å². The second-order valence-electron chi connectivity index (χ2n) is 2.24. The van der Waals surface area contributed by atoms with Crippen LogP contribution < -0.4 is 5.73 Å². The summed E-state index contributed by atoms with van der Waals surface area (Å²) in [5.74, 6) is 0. The number of nitrogens with two attached hydrogens (primary N) is 1. The lowest BCUT2D eigenvalue weighted by Crippen LogP contribution is -2.04. The van der Waals surface area contributed by atoms with Crippen LogP contribution in [0.4, 0.5) is 5.00 Å². The van der Waals surface area contributed by atoms with Crippen LogP contribution >= 0.6 is 23.7 Å². The Hall–Kier alpha value is -0.910. The topological polar surface area (TPSA) is 69.2 Å². The first kappa shape index (κ1) is 12.1. The molecule has 0 saturated carbocycles. The molecule has 0 amide bonds. The van der Waals surface area contributed by atoms with Crippen molar-refractivity contribution in [1.82, 2.24) is 0 Å². The standard InChI is InChI=1S/C7H8N2O2S.ClH/c1-2-6(8)5-3-7(9(10)11)12-4-5;/h2-4,6H,1,8H2;1H/t6-;/m1./s1. The van der Waals surface area contributed by atoms with Crippen molar-refractivity contribution in [3.8, 4) is 0 Å². The number of hydrogen-bond donors (Lipinski definition) is 1. The summed E-state index contributed by atoms with van der Waals surface area (Å²) in [6.45, 7) is 3.50. The minimum atomic E-state index is -0.427. The van der Waals surface area contributed by atoms with Gasteiger partial charge in [0.25, 0.3) is 0 Å². The molecule has 0 aliphatic heterocycles. The van der Waals surface area contributed by atoms with Crippen LogP contribution in [0.1, 0.15) is 11.6 Å². The Morgan fingerprint density at radius 3 is 2.77 bits per heavy atom. The normalized spacial score (nSPS) is 11.5. The molecule has 0 saturated heterocycles. The fourth-order valence-corrected chi connectivity index (χ4v) is 1.52.